The van der Waals surface area contributed by atoms with Crippen molar-refractivity contribution in [1.82, 2.24) is 9.62 Å². The van der Waals surface area contributed by atoms with E-state index in [9.17, 15) is 13.2 Å². The second kappa shape index (κ2) is 6.19. The first-order valence-electron chi connectivity index (χ1n) is 6.82. The standard InChI is InChI=1S/C12H22N2O4S/c1-19(16,17)14(10-4-5-10)7-6-12(15)13-9-11-3-2-8-18-11/h10-11H,2-9H2,1H3,(H,13,15). The number of carbonyl (C=O) groups excluding carboxylic acids is 1. The van der Waals surface area contributed by atoms with Crippen LogP contribution in [0.3, 0.4) is 0 Å². The molecule has 1 heterocycles. The molecule has 19 heavy (non-hydrogen) atoms. The van der Waals surface area contributed by atoms with Crippen LogP contribution < -0.4 is 5.32 Å². The van der Waals surface area contributed by atoms with E-state index >= 15 is 0 Å². The van der Waals surface area contributed by atoms with Gasteiger partial charge in [-0.3, -0.25) is 4.79 Å². The predicted molar refractivity (Wildman–Crippen MR) is 71.2 cm³/mol. The molecular weight excluding hydrogens is 268 g/mol. The molecule has 1 aliphatic carbocycles. The average Bonchev–Trinajstić information content (AvgIpc) is 3.01. The zero-order chi connectivity index (χ0) is 13.9. The molecule has 1 saturated carbocycles. The molecule has 0 bridgehead atoms. The zero-order valence-electron chi connectivity index (χ0n) is 11.3. The lowest BCUT2D eigenvalue weighted by Gasteiger charge is -2.19. The van der Waals surface area contributed by atoms with Crippen molar-refractivity contribution < 1.29 is 17.9 Å². The summed E-state index contributed by atoms with van der Waals surface area (Å²) in [6, 6.07) is 0.112. The van der Waals surface area contributed by atoms with Crippen molar-refractivity contribution in [2.45, 2.75) is 44.2 Å². The summed E-state index contributed by atoms with van der Waals surface area (Å²) in [6.07, 6.45) is 5.39. The Balaban J connectivity index is 1.69. The minimum Gasteiger partial charge on any atom is -0.376 e. The molecule has 0 aromatic heterocycles. The third kappa shape index (κ3) is 4.74. The minimum atomic E-state index is -3.20. The Morgan fingerprint density at radius 1 is 1.37 bits per heavy atom. The van der Waals surface area contributed by atoms with Gasteiger partial charge < -0.3 is 10.1 Å². The van der Waals surface area contributed by atoms with Crippen molar-refractivity contribution in [1.29, 1.82) is 0 Å². The lowest BCUT2D eigenvalue weighted by molar-refractivity contribution is -0.121. The first-order chi connectivity index (χ1) is 8.97. The first kappa shape index (κ1) is 14.7. The van der Waals surface area contributed by atoms with Crippen molar-refractivity contribution in [2.24, 2.45) is 0 Å². The van der Waals surface area contributed by atoms with Crippen LogP contribution in [0.5, 0.6) is 0 Å². The molecule has 1 amide bonds. The van der Waals surface area contributed by atoms with Crippen LogP contribution in [0.1, 0.15) is 32.1 Å². The average molecular weight is 290 g/mol. The number of hydrogen-bond donors (Lipinski definition) is 1. The molecule has 2 fully saturated rings. The number of rotatable bonds is 7. The van der Waals surface area contributed by atoms with Crippen molar-refractivity contribution in [3.05, 3.63) is 0 Å². The number of ether oxygens (including phenoxy) is 1. The highest BCUT2D eigenvalue weighted by Crippen LogP contribution is 2.28. The Bertz CT molecular complexity index is 413. The highest BCUT2D eigenvalue weighted by Gasteiger charge is 2.34. The smallest absolute Gasteiger partial charge is 0.221 e. The van der Waals surface area contributed by atoms with Crippen LogP contribution in [0.2, 0.25) is 0 Å². The molecule has 0 aromatic rings. The summed E-state index contributed by atoms with van der Waals surface area (Å²) in [5.41, 5.74) is 0. The third-order valence-corrected chi connectivity index (χ3v) is 4.82. The third-order valence-electron chi connectivity index (χ3n) is 3.49. The van der Waals surface area contributed by atoms with Gasteiger partial charge in [0.05, 0.1) is 12.4 Å². The van der Waals surface area contributed by atoms with Crippen LogP contribution in [-0.4, -0.2) is 56.7 Å². The SMILES string of the molecule is CS(=O)(=O)N(CCC(=O)NCC1CCCO1)C1CC1. The second-order valence-corrected chi connectivity index (χ2v) is 7.23. The fourth-order valence-corrected chi connectivity index (χ4v) is 3.49. The van der Waals surface area contributed by atoms with Gasteiger partial charge in [0, 0.05) is 32.2 Å². The Morgan fingerprint density at radius 2 is 2.11 bits per heavy atom. The van der Waals surface area contributed by atoms with Gasteiger partial charge in [-0.15, -0.1) is 0 Å². The van der Waals surface area contributed by atoms with Gasteiger partial charge in [0.15, 0.2) is 0 Å². The molecule has 2 rings (SSSR count). The van der Waals surface area contributed by atoms with Gasteiger partial charge in [-0.1, -0.05) is 0 Å². The molecule has 2 aliphatic rings. The van der Waals surface area contributed by atoms with Crippen LogP contribution >= 0.6 is 0 Å². The predicted octanol–water partition coefficient (Wildman–Crippen LogP) is 0.0957. The largest absolute Gasteiger partial charge is 0.376 e. The van der Waals surface area contributed by atoms with Crippen LogP contribution in [-0.2, 0) is 19.6 Å². The number of sulfonamides is 1. The summed E-state index contributed by atoms with van der Waals surface area (Å²) in [4.78, 5) is 11.7. The highest BCUT2D eigenvalue weighted by molar-refractivity contribution is 7.88. The molecule has 1 N–H and O–H groups in total. The van der Waals surface area contributed by atoms with E-state index < -0.39 is 10.0 Å². The Kier molecular flexibility index (Phi) is 4.81. The Hall–Kier alpha value is -0.660. The van der Waals surface area contributed by atoms with Crippen LogP contribution in [0.4, 0.5) is 0 Å². The van der Waals surface area contributed by atoms with E-state index in [0.717, 1.165) is 32.3 Å². The minimum absolute atomic E-state index is 0.107. The summed E-state index contributed by atoms with van der Waals surface area (Å²) in [5, 5.41) is 2.81. The van der Waals surface area contributed by atoms with Gasteiger partial charge in [-0.25, -0.2) is 8.42 Å². The van der Waals surface area contributed by atoms with E-state index in [4.69, 9.17) is 4.74 Å². The highest BCUT2D eigenvalue weighted by atomic mass is 32.2. The molecule has 6 nitrogen and oxygen atoms in total. The van der Waals surface area contributed by atoms with Gasteiger partial charge in [0.25, 0.3) is 0 Å². The normalized spacial score (nSPS) is 23.8. The van der Waals surface area contributed by atoms with Crippen LogP contribution in [0.15, 0.2) is 0 Å². The topological polar surface area (TPSA) is 75.7 Å². The molecule has 7 heteroatoms. The number of nitrogens with zero attached hydrogens (tertiary/aromatic N) is 1. The first-order valence-corrected chi connectivity index (χ1v) is 8.67. The van der Waals surface area contributed by atoms with Gasteiger partial charge >= 0.3 is 0 Å². The second-order valence-electron chi connectivity index (χ2n) is 5.29. The van der Waals surface area contributed by atoms with E-state index in [1.807, 2.05) is 0 Å². The summed E-state index contributed by atoms with van der Waals surface area (Å²) < 4.78 is 30.0. The quantitative estimate of drug-likeness (QED) is 0.721. The molecule has 0 aromatic carbocycles. The summed E-state index contributed by atoms with van der Waals surface area (Å²) in [5.74, 6) is -0.107. The van der Waals surface area contributed by atoms with Crippen molar-refractivity contribution in [3.63, 3.8) is 0 Å². The monoisotopic (exact) mass is 290 g/mol. The lowest BCUT2D eigenvalue weighted by Crippen LogP contribution is -2.37. The summed E-state index contributed by atoms with van der Waals surface area (Å²) in [7, 11) is -3.20. The van der Waals surface area contributed by atoms with Crippen molar-refractivity contribution in [3.8, 4) is 0 Å². The number of nitrogens with one attached hydrogen (secondary N) is 1. The maximum Gasteiger partial charge on any atom is 0.221 e. The molecule has 0 spiro atoms. The Morgan fingerprint density at radius 3 is 2.63 bits per heavy atom. The van der Waals surface area contributed by atoms with Gasteiger partial charge in [0.2, 0.25) is 15.9 Å². The zero-order valence-corrected chi connectivity index (χ0v) is 12.1. The molecule has 110 valence electrons. The molecule has 1 saturated heterocycles. The maximum atomic E-state index is 11.7. The van der Waals surface area contributed by atoms with Crippen LogP contribution in [0.25, 0.3) is 0 Å². The summed E-state index contributed by atoms with van der Waals surface area (Å²) in [6.45, 7) is 1.58. The molecule has 1 unspecified atom stereocenters. The number of carbonyl (C=O) groups is 1. The molecule has 1 atom stereocenters. The van der Waals surface area contributed by atoms with E-state index in [0.29, 0.717) is 6.54 Å². The molecule has 1 aliphatic heterocycles. The van der Waals surface area contributed by atoms with Crippen molar-refractivity contribution in [2.75, 3.05) is 26.0 Å². The van der Waals surface area contributed by atoms with E-state index in [2.05, 4.69) is 5.32 Å². The van der Waals surface area contributed by atoms with Gasteiger partial charge in [0.1, 0.15) is 0 Å². The van der Waals surface area contributed by atoms with E-state index in [1.54, 1.807) is 0 Å². The van der Waals surface area contributed by atoms with Gasteiger partial charge in [-0.2, -0.15) is 4.31 Å². The Labute approximate surface area is 114 Å². The van der Waals surface area contributed by atoms with Crippen LogP contribution in [0, 0.1) is 0 Å². The van der Waals surface area contributed by atoms with E-state index in [1.165, 1.54) is 10.6 Å². The molecule has 0 radical (unpaired) electrons. The maximum absolute atomic E-state index is 11.7. The summed E-state index contributed by atoms with van der Waals surface area (Å²) >= 11 is 0. The molecular formula is C12H22N2O4S. The van der Waals surface area contributed by atoms with Crippen molar-refractivity contribution >= 4 is 15.9 Å². The number of amides is 1. The van der Waals surface area contributed by atoms with E-state index in [-0.39, 0.29) is 31.0 Å². The van der Waals surface area contributed by atoms with Gasteiger partial charge in [-0.05, 0) is 25.7 Å². The fourth-order valence-electron chi connectivity index (χ4n) is 2.31. The fraction of sp³-hybridized carbons (Fsp3) is 0.917. The lowest BCUT2D eigenvalue weighted by atomic mass is 10.2. The number of hydrogen-bond acceptors (Lipinski definition) is 4.